The van der Waals surface area contributed by atoms with Crippen LogP contribution in [0.3, 0.4) is 0 Å². The third kappa shape index (κ3) is 3.76. The van der Waals surface area contributed by atoms with Crippen LogP contribution in [0.25, 0.3) is 32.5 Å². The summed E-state index contributed by atoms with van der Waals surface area (Å²) >= 11 is 1.65. The Kier molecular flexibility index (Phi) is 5.00. The predicted molar refractivity (Wildman–Crippen MR) is 120 cm³/mol. The first kappa shape index (κ1) is 18.3. The first-order chi connectivity index (χ1) is 14.3. The number of fused-ring (bicyclic) bond motifs is 1. The second kappa shape index (κ2) is 7.93. The second-order valence-electron chi connectivity index (χ2n) is 7.64. The minimum absolute atomic E-state index is 0.154. The molecule has 2 aromatic heterocycles. The zero-order valence-corrected chi connectivity index (χ0v) is 16.9. The molecule has 2 heterocycles. The molecule has 2 N–H and O–H groups in total. The van der Waals surface area contributed by atoms with E-state index in [4.69, 9.17) is 0 Å². The van der Waals surface area contributed by atoms with Crippen LogP contribution in [0.5, 0.6) is 0 Å². The number of aliphatic hydroxyl groups excluding tert-OH is 1. The number of anilines is 1. The third-order valence-electron chi connectivity index (χ3n) is 5.71. The lowest BCUT2D eigenvalue weighted by atomic mass is 9.93. The normalized spacial score (nSPS) is 19.3. The quantitative estimate of drug-likeness (QED) is 0.458. The highest BCUT2D eigenvalue weighted by Crippen LogP contribution is 2.38. The third-order valence-corrected chi connectivity index (χ3v) is 6.60. The van der Waals surface area contributed by atoms with E-state index in [0.717, 1.165) is 41.7 Å². The molecule has 1 saturated carbocycles. The highest BCUT2D eigenvalue weighted by Gasteiger charge is 2.21. The summed E-state index contributed by atoms with van der Waals surface area (Å²) in [5.41, 5.74) is 4.78. The Morgan fingerprint density at radius 3 is 2.28 bits per heavy atom. The van der Waals surface area contributed by atoms with Crippen LogP contribution >= 0.6 is 11.3 Å². The smallest absolute Gasteiger partial charge is 0.139 e. The van der Waals surface area contributed by atoms with E-state index in [1.165, 1.54) is 22.3 Å². The van der Waals surface area contributed by atoms with Crippen LogP contribution in [0.4, 0.5) is 5.82 Å². The Morgan fingerprint density at radius 2 is 1.52 bits per heavy atom. The minimum Gasteiger partial charge on any atom is -0.393 e. The molecule has 0 saturated heterocycles. The van der Waals surface area contributed by atoms with E-state index in [1.54, 1.807) is 17.7 Å². The van der Waals surface area contributed by atoms with E-state index in [-0.39, 0.29) is 6.10 Å². The Bertz CT molecular complexity index is 1100. The van der Waals surface area contributed by atoms with Gasteiger partial charge in [0.15, 0.2) is 0 Å². The molecule has 4 nitrogen and oxygen atoms in total. The lowest BCUT2D eigenvalue weighted by Gasteiger charge is -2.26. The number of rotatable bonds is 4. The van der Waals surface area contributed by atoms with E-state index in [9.17, 15) is 5.11 Å². The molecule has 1 fully saturated rings. The van der Waals surface area contributed by atoms with Gasteiger partial charge in [-0.3, -0.25) is 0 Å². The van der Waals surface area contributed by atoms with Crippen LogP contribution in [0.1, 0.15) is 25.7 Å². The molecule has 0 unspecified atom stereocenters. The molecule has 0 aliphatic heterocycles. The van der Waals surface area contributed by atoms with Crippen LogP contribution in [-0.4, -0.2) is 27.2 Å². The number of nitrogens with one attached hydrogen (secondary N) is 1. The second-order valence-corrected chi connectivity index (χ2v) is 8.50. The molecule has 146 valence electrons. The van der Waals surface area contributed by atoms with Crippen LogP contribution in [0.2, 0.25) is 0 Å². The van der Waals surface area contributed by atoms with Gasteiger partial charge in [0.1, 0.15) is 17.0 Å². The fraction of sp³-hybridized carbons (Fsp3) is 0.250. The van der Waals surface area contributed by atoms with Gasteiger partial charge in [-0.2, -0.15) is 0 Å². The van der Waals surface area contributed by atoms with E-state index in [1.807, 2.05) is 6.07 Å². The van der Waals surface area contributed by atoms with Crippen molar-refractivity contribution in [2.75, 3.05) is 5.32 Å². The first-order valence-electron chi connectivity index (χ1n) is 10.1. The lowest BCUT2D eigenvalue weighted by molar-refractivity contribution is 0.126. The highest BCUT2D eigenvalue weighted by molar-refractivity contribution is 7.17. The first-order valence-corrected chi connectivity index (χ1v) is 11.0. The molecule has 5 rings (SSSR count). The molecule has 4 aromatic rings. The van der Waals surface area contributed by atoms with Gasteiger partial charge in [0.05, 0.1) is 11.5 Å². The highest BCUT2D eigenvalue weighted by atomic mass is 32.1. The summed E-state index contributed by atoms with van der Waals surface area (Å²) in [6.45, 7) is 0. The number of aromatic nitrogens is 2. The van der Waals surface area contributed by atoms with Gasteiger partial charge in [-0.05, 0) is 42.4 Å². The van der Waals surface area contributed by atoms with Crippen LogP contribution < -0.4 is 5.32 Å². The Balaban J connectivity index is 1.47. The van der Waals surface area contributed by atoms with Crippen molar-refractivity contribution in [1.82, 2.24) is 9.97 Å². The van der Waals surface area contributed by atoms with Gasteiger partial charge in [0.2, 0.25) is 0 Å². The van der Waals surface area contributed by atoms with Crippen molar-refractivity contribution in [2.24, 2.45) is 0 Å². The Labute approximate surface area is 174 Å². The number of hydrogen-bond acceptors (Lipinski definition) is 5. The van der Waals surface area contributed by atoms with Gasteiger partial charge in [0, 0.05) is 17.0 Å². The topological polar surface area (TPSA) is 58.0 Å². The summed E-state index contributed by atoms with van der Waals surface area (Å²) < 4.78 is 0. The SMILES string of the molecule is OC1CCC(Nc2ncnc3scc(-c4ccc(-c5ccccc5)cc4)c23)CC1. The largest absolute Gasteiger partial charge is 0.393 e. The fourth-order valence-corrected chi connectivity index (χ4v) is 5.00. The molecule has 0 radical (unpaired) electrons. The Morgan fingerprint density at radius 1 is 0.828 bits per heavy atom. The predicted octanol–water partition coefficient (Wildman–Crippen LogP) is 5.74. The molecular weight excluding hydrogens is 378 g/mol. The number of nitrogens with zero attached hydrogens (tertiary/aromatic N) is 2. The van der Waals surface area contributed by atoms with Gasteiger partial charge >= 0.3 is 0 Å². The summed E-state index contributed by atoms with van der Waals surface area (Å²) in [7, 11) is 0. The van der Waals surface area contributed by atoms with E-state index < -0.39 is 0 Å². The van der Waals surface area contributed by atoms with Gasteiger partial charge in [-0.25, -0.2) is 9.97 Å². The molecule has 1 aliphatic carbocycles. The zero-order chi connectivity index (χ0) is 19.6. The van der Waals surface area contributed by atoms with Crippen molar-refractivity contribution in [1.29, 1.82) is 0 Å². The summed E-state index contributed by atoms with van der Waals surface area (Å²) in [4.78, 5) is 10.1. The van der Waals surface area contributed by atoms with E-state index >= 15 is 0 Å². The summed E-state index contributed by atoms with van der Waals surface area (Å²) in [6.07, 6.45) is 5.13. The molecule has 0 atom stereocenters. The number of benzene rings is 2. The number of hydrogen-bond donors (Lipinski definition) is 2. The van der Waals surface area contributed by atoms with Gasteiger partial charge in [-0.15, -0.1) is 11.3 Å². The van der Waals surface area contributed by atoms with Gasteiger partial charge in [-0.1, -0.05) is 54.6 Å². The van der Waals surface area contributed by atoms with Crippen molar-refractivity contribution >= 4 is 27.4 Å². The van der Waals surface area contributed by atoms with Crippen molar-refractivity contribution in [3.8, 4) is 22.3 Å². The lowest BCUT2D eigenvalue weighted by Crippen LogP contribution is -2.28. The average molecular weight is 402 g/mol. The summed E-state index contributed by atoms with van der Waals surface area (Å²) in [5.74, 6) is 0.903. The Hall–Kier alpha value is -2.76. The molecule has 2 aromatic carbocycles. The molecule has 0 amide bonds. The van der Waals surface area contributed by atoms with Crippen LogP contribution in [-0.2, 0) is 0 Å². The van der Waals surface area contributed by atoms with E-state index in [2.05, 4.69) is 69.2 Å². The molecule has 29 heavy (non-hydrogen) atoms. The van der Waals surface area contributed by atoms with Crippen LogP contribution in [0.15, 0.2) is 66.3 Å². The average Bonchev–Trinajstić information content (AvgIpc) is 3.21. The maximum Gasteiger partial charge on any atom is 0.139 e. The molecule has 5 heteroatoms. The monoisotopic (exact) mass is 401 g/mol. The number of thiophene rings is 1. The van der Waals surface area contributed by atoms with E-state index in [0.29, 0.717) is 6.04 Å². The number of aliphatic hydroxyl groups is 1. The summed E-state index contributed by atoms with van der Waals surface area (Å²) in [5, 5.41) is 16.7. The zero-order valence-electron chi connectivity index (χ0n) is 16.1. The van der Waals surface area contributed by atoms with Crippen molar-refractivity contribution < 1.29 is 5.11 Å². The van der Waals surface area contributed by atoms with Gasteiger partial charge in [0.25, 0.3) is 0 Å². The van der Waals surface area contributed by atoms with Crippen molar-refractivity contribution in [3.05, 3.63) is 66.3 Å². The maximum absolute atomic E-state index is 9.78. The summed E-state index contributed by atoms with van der Waals surface area (Å²) in [6, 6.07) is 19.5. The maximum atomic E-state index is 9.78. The standard InChI is InChI=1S/C24H23N3OS/c28-20-12-10-19(11-13-20)27-23-22-21(14-29-24(22)26-15-25-23)18-8-6-17(7-9-18)16-4-2-1-3-5-16/h1-9,14-15,19-20,28H,10-13H2,(H,25,26,27). The molecule has 1 aliphatic rings. The molecule has 0 bridgehead atoms. The van der Waals surface area contributed by atoms with Crippen molar-refractivity contribution in [3.63, 3.8) is 0 Å². The minimum atomic E-state index is -0.154. The molecule has 0 spiro atoms. The van der Waals surface area contributed by atoms with Crippen molar-refractivity contribution in [2.45, 2.75) is 37.8 Å². The molecular formula is C24H23N3OS. The van der Waals surface area contributed by atoms with Crippen LogP contribution in [0, 0.1) is 0 Å². The van der Waals surface area contributed by atoms with Gasteiger partial charge < -0.3 is 10.4 Å². The fourth-order valence-electron chi connectivity index (χ4n) is 4.08.